The molecule has 0 bridgehead atoms. The summed E-state index contributed by atoms with van der Waals surface area (Å²) in [6.45, 7) is 5.97. The van der Waals surface area contributed by atoms with Gasteiger partial charge in [-0.2, -0.15) is 0 Å². The zero-order valence-corrected chi connectivity index (χ0v) is 11.6. The van der Waals surface area contributed by atoms with Crippen LogP contribution in [-0.4, -0.2) is 18.1 Å². The maximum Gasteiger partial charge on any atom is 0.292 e. The molecule has 0 heterocycles. The van der Waals surface area contributed by atoms with E-state index in [1.54, 1.807) is 12.1 Å². The molecule has 1 aromatic carbocycles. The van der Waals surface area contributed by atoms with Gasteiger partial charge in [0.25, 0.3) is 5.69 Å². The normalized spacial score (nSPS) is 10.4. The van der Waals surface area contributed by atoms with Crippen LogP contribution in [0.2, 0.25) is 0 Å². The van der Waals surface area contributed by atoms with E-state index >= 15 is 0 Å². The fourth-order valence-electron chi connectivity index (χ4n) is 1.66. The fourth-order valence-corrected chi connectivity index (χ4v) is 1.66. The zero-order chi connectivity index (χ0) is 14.1. The lowest BCUT2D eigenvalue weighted by atomic mass is 10.2. The van der Waals surface area contributed by atoms with Crippen molar-refractivity contribution in [3.8, 4) is 0 Å². The smallest absolute Gasteiger partial charge is 0.292 e. The van der Waals surface area contributed by atoms with Crippen molar-refractivity contribution in [3.05, 3.63) is 33.9 Å². The molecular formula is C14H22N2O3. The quantitative estimate of drug-likeness (QED) is 0.420. The number of hydrogen-bond donors (Lipinski definition) is 1. The molecule has 1 rings (SSSR count). The van der Waals surface area contributed by atoms with Gasteiger partial charge in [0.15, 0.2) is 0 Å². The molecule has 106 valence electrons. The molecule has 0 aliphatic carbocycles. The Hall–Kier alpha value is -1.62. The maximum absolute atomic E-state index is 11.0. The summed E-state index contributed by atoms with van der Waals surface area (Å²) in [6.07, 6.45) is 3.03. The van der Waals surface area contributed by atoms with Crippen LogP contribution in [0, 0.1) is 10.1 Å². The van der Waals surface area contributed by atoms with Crippen molar-refractivity contribution in [3.63, 3.8) is 0 Å². The summed E-state index contributed by atoms with van der Waals surface area (Å²) < 4.78 is 5.47. The molecule has 0 amide bonds. The summed E-state index contributed by atoms with van der Waals surface area (Å²) in [7, 11) is 0. The molecule has 0 fully saturated rings. The van der Waals surface area contributed by atoms with Gasteiger partial charge in [0.05, 0.1) is 11.5 Å². The first-order chi connectivity index (χ1) is 9.19. The van der Waals surface area contributed by atoms with Crippen LogP contribution in [0.3, 0.4) is 0 Å². The molecular weight excluding hydrogens is 244 g/mol. The van der Waals surface area contributed by atoms with Gasteiger partial charge in [-0.3, -0.25) is 10.1 Å². The minimum absolute atomic E-state index is 0.116. The lowest BCUT2D eigenvalue weighted by molar-refractivity contribution is -0.384. The molecule has 0 saturated carbocycles. The van der Waals surface area contributed by atoms with E-state index in [1.165, 1.54) is 0 Å². The Morgan fingerprint density at radius 1 is 1.32 bits per heavy atom. The number of nitro benzene ring substituents is 1. The van der Waals surface area contributed by atoms with Gasteiger partial charge in [-0.1, -0.05) is 26.3 Å². The third kappa shape index (κ3) is 5.26. The van der Waals surface area contributed by atoms with Crippen molar-refractivity contribution in [2.45, 2.75) is 39.7 Å². The number of nitrogens with zero attached hydrogens (tertiary/aromatic N) is 1. The molecule has 0 aliphatic heterocycles. The fraction of sp³-hybridized carbons (Fsp3) is 0.571. The van der Waals surface area contributed by atoms with Crippen LogP contribution in [0.4, 0.5) is 11.4 Å². The van der Waals surface area contributed by atoms with Crippen LogP contribution in [0.5, 0.6) is 0 Å². The second-order valence-corrected chi connectivity index (χ2v) is 4.44. The first-order valence-electron chi connectivity index (χ1n) is 6.78. The van der Waals surface area contributed by atoms with E-state index in [9.17, 15) is 10.1 Å². The van der Waals surface area contributed by atoms with Gasteiger partial charge in [0.1, 0.15) is 5.69 Å². The van der Waals surface area contributed by atoms with Crippen LogP contribution < -0.4 is 5.32 Å². The topological polar surface area (TPSA) is 64.4 Å². The van der Waals surface area contributed by atoms with Gasteiger partial charge < -0.3 is 10.1 Å². The monoisotopic (exact) mass is 266 g/mol. The van der Waals surface area contributed by atoms with Gasteiger partial charge in [0.2, 0.25) is 0 Å². The SMILES string of the molecule is CCCCOCc1ccc(NCCC)c([N+](=O)[O-])c1. The van der Waals surface area contributed by atoms with Crippen molar-refractivity contribution in [2.75, 3.05) is 18.5 Å². The summed E-state index contributed by atoms with van der Waals surface area (Å²) in [4.78, 5) is 10.7. The zero-order valence-electron chi connectivity index (χ0n) is 11.6. The number of nitro groups is 1. The first kappa shape index (κ1) is 15.4. The highest BCUT2D eigenvalue weighted by Crippen LogP contribution is 2.25. The third-order valence-electron chi connectivity index (χ3n) is 2.74. The average molecular weight is 266 g/mol. The number of rotatable bonds is 9. The Morgan fingerprint density at radius 3 is 2.74 bits per heavy atom. The van der Waals surface area contributed by atoms with Crippen molar-refractivity contribution >= 4 is 11.4 Å². The lowest BCUT2D eigenvalue weighted by Gasteiger charge is -2.08. The van der Waals surface area contributed by atoms with Crippen LogP contribution >= 0.6 is 0 Å². The second kappa shape index (κ2) is 8.48. The number of unbranched alkanes of at least 4 members (excludes halogenated alkanes) is 1. The first-order valence-corrected chi connectivity index (χ1v) is 6.78. The van der Waals surface area contributed by atoms with Gasteiger partial charge in [0, 0.05) is 19.2 Å². The Bertz CT molecular complexity index is 408. The maximum atomic E-state index is 11.0. The molecule has 19 heavy (non-hydrogen) atoms. The molecule has 0 radical (unpaired) electrons. The second-order valence-electron chi connectivity index (χ2n) is 4.44. The van der Waals surface area contributed by atoms with Gasteiger partial charge >= 0.3 is 0 Å². The predicted octanol–water partition coefficient (Wildman–Crippen LogP) is 3.73. The predicted molar refractivity (Wildman–Crippen MR) is 76.4 cm³/mol. The van der Waals surface area contributed by atoms with Crippen LogP contribution in [-0.2, 0) is 11.3 Å². The molecule has 1 aromatic rings. The third-order valence-corrected chi connectivity index (χ3v) is 2.74. The summed E-state index contributed by atoms with van der Waals surface area (Å²) in [5.74, 6) is 0. The minimum atomic E-state index is -0.354. The summed E-state index contributed by atoms with van der Waals surface area (Å²) in [5.41, 5.74) is 1.53. The number of benzene rings is 1. The van der Waals surface area contributed by atoms with Gasteiger partial charge in [-0.15, -0.1) is 0 Å². The van der Waals surface area contributed by atoms with Gasteiger partial charge in [-0.25, -0.2) is 0 Å². The van der Waals surface area contributed by atoms with Crippen molar-refractivity contribution in [1.82, 2.24) is 0 Å². The Balaban J connectivity index is 2.69. The number of hydrogen-bond acceptors (Lipinski definition) is 4. The van der Waals surface area contributed by atoms with E-state index in [1.807, 2.05) is 13.0 Å². The Kier molecular flexibility index (Phi) is 6.89. The molecule has 0 saturated heterocycles. The van der Waals surface area contributed by atoms with Crippen molar-refractivity contribution < 1.29 is 9.66 Å². The number of anilines is 1. The van der Waals surface area contributed by atoms with E-state index in [2.05, 4.69) is 12.2 Å². The van der Waals surface area contributed by atoms with E-state index in [-0.39, 0.29) is 10.6 Å². The van der Waals surface area contributed by atoms with Gasteiger partial charge in [-0.05, 0) is 24.5 Å². The van der Waals surface area contributed by atoms with Crippen LogP contribution in [0.15, 0.2) is 18.2 Å². The van der Waals surface area contributed by atoms with E-state index < -0.39 is 0 Å². The van der Waals surface area contributed by atoms with E-state index in [0.29, 0.717) is 18.9 Å². The Morgan fingerprint density at radius 2 is 2.11 bits per heavy atom. The summed E-state index contributed by atoms with van der Waals surface area (Å²) >= 11 is 0. The summed E-state index contributed by atoms with van der Waals surface area (Å²) in [6, 6.07) is 5.22. The molecule has 0 aliphatic rings. The summed E-state index contributed by atoms with van der Waals surface area (Å²) in [5, 5.41) is 14.1. The molecule has 0 unspecified atom stereocenters. The van der Waals surface area contributed by atoms with E-state index in [4.69, 9.17) is 4.74 Å². The minimum Gasteiger partial charge on any atom is -0.380 e. The largest absolute Gasteiger partial charge is 0.380 e. The van der Waals surface area contributed by atoms with Crippen molar-refractivity contribution in [2.24, 2.45) is 0 Å². The highest BCUT2D eigenvalue weighted by molar-refractivity contribution is 5.62. The van der Waals surface area contributed by atoms with Crippen LogP contribution in [0.1, 0.15) is 38.7 Å². The standard InChI is InChI=1S/C14H22N2O3/c1-3-5-9-19-11-12-6-7-13(15-8-4-2)14(10-12)16(17)18/h6-7,10,15H,3-5,8-9,11H2,1-2H3. The Labute approximate surface area is 114 Å². The average Bonchev–Trinajstić information content (AvgIpc) is 2.41. The molecule has 0 aromatic heterocycles. The number of ether oxygens (including phenoxy) is 1. The molecule has 1 N–H and O–H groups in total. The molecule has 0 atom stereocenters. The highest BCUT2D eigenvalue weighted by atomic mass is 16.6. The number of nitrogens with one attached hydrogen (secondary N) is 1. The molecule has 5 heteroatoms. The molecule has 5 nitrogen and oxygen atoms in total. The lowest BCUT2D eigenvalue weighted by Crippen LogP contribution is -2.04. The molecule has 0 spiro atoms. The highest BCUT2D eigenvalue weighted by Gasteiger charge is 2.14. The van der Waals surface area contributed by atoms with E-state index in [0.717, 1.165) is 31.4 Å². The van der Waals surface area contributed by atoms with Crippen LogP contribution in [0.25, 0.3) is 0 Å². The van der Waals surface area contributed by atoms with Crippen molar-refractivity contribution in [1.29, 1.82) is 0 Å².